The Labute approximate surface area is 167 Å². The molecule has 2 aromatic carbocycles. The van der Waals surface area contributed by atoms with Crippen LogP contribution in [0.25, 0.3) is 0 Å². The minimum atomic E-state index is -0.420. The van der Waals surface area contributed by atoms with Gasteiger partial charge in [-0.25, -0.2) is 0 Å². The Morgan fingerprint density at radius 2 is 1.59 bits per heavy atom. The van der Waals surface area contributed by atoms with Gasteiger partial charge in [0.25, 0.3) is 0 Å². The second-order valence-electron chi connectivity index (χ2n) is 8.20. The van der Waals surface area contributed by atoms with Crippen LogP contribution in [0.4, 0.5) is 0 Å². The molecule has 0 bridgehead atoms. The predicted octanol–water partition coefficient (Wildman–Crippen LogP) is 4.90. The lowest BCUT2D eigenvalue weighted by Gasteiger charge is -2.32. The normalized spacial score (nSPS) is 18.0. The van der Waals surface area contributed by atoms with Crippen LogP contribution in [0.1, 0.15) is 44.4 Å². The Balaban J connectivity index is 1.80. The molecule has 0 aromatic heterocycles. The molecule has 1 heterocycles. The summed E-state index contributed by atoms with van der Waals surface area (Å²) in [6, 6.07) is 12.9. The van der Waals surface area contributed by atoms with E-state index >= 15 is 0 Å². The van der Waals surface area contributed by atoms with Crippen molar-refractivity contribution < 1.29 is 14.0 Å². The van der Waals surface area contributed by atoms with E-state index < -0.39 is 7.12 Å². The van der Waals surface area contributed by atoms with Crippen molar-refractivity contribution in [3.05, 3.63) is 53.1 Å². The summed E-state index contributed by atoms with van der Waals surface area (Å²) in [7, 11) is 1.27. The van der Waals surface area contributed by atoms with E-state index in [4.69, 9.17) is 14.0 Å². The van der Waals surface area contributed by atoms with Crippen LogP contribution in [0.3, 0.4) is 0 Å². The highest BCUT2D eigenvalue weighted by atomic mass is 32.2. The van der Waals surface area contributed by atoms with Gasteiger partial charge < -0.3 is 14.0 Å². The second-order valence-corrected chi connectivity index (χ2v) is 9.25. The predicted molar refractivity (Wildman–Crippen MR) is 114 cm³/mol. The maximum Gasteiger partial charge on any atom is 0.498 e. The van der Waals surface area contributed by atoms with E-state index in [-0.39, 0.29) is 11.2 Å². The lowest BCUT2D eigenvalue weighted by atomic mass is 9.77. The van der Waals surface area contributed by atoms with E-state index in [2.05, 4.69) is 71.9 Å². The molecule has 3 rings (SSSR count). The van der Waals surface area contributed by atoms with Gasteiger partial charge in [0.05, 0.1) is 18.3 Å². The molecule has 2 aromatic rings. The monoisotopic (exact) mass is 384 g/mol. The van der Waals surface area contributed by atoms with Gasteiger partial charge in [0.15, 0.2) is 0 Å². The molecular weight excluding hydrogens is 355 g/mol. The Morgan fingerprint density at radius 1 is 0.926 bits per heavy atom. The lowest BCUT2D eigenvalue weighted by molar-refractivity contribution is 0.00578. The molecule has 144 valence electrons. The zero-order valence-corrected chi connectivity index (χ0v) is 18.2. The number of rotatable bonds is 5. The van der Waals surface area contributed by atoms with Gasteiger partial charge in [-0.2, -0.15) is 0 Å². The first kappa shape index (κ1) is 20.3. The van der Waals surface area contributed by atoms with E-state index in [1.807, 2.05) is 17.8 Å². The van der Waals surface area contributed by atoms with Crippen molar-refractivity contribution in [3.8, 4) is 5.75 Å². The molecule has 0 aliphatic carbocycles. The van der Waals surface area contributed by atoms with E-state index in [1.165, 1.54) is 21.6 Å². The quantitative estimate of drug-likeness (QED) is 0.541. The fourth-order valence-electron chi connectivity index (χ4n) is 3.00. The number of hydrogen-bond acceptors (Lipinski definition) is 4. The van der Waals surface area contributed by atoms with Gasteiger partial charge in [-0.3, -0.25) is 0 Å². The summed E-state index contributed by atoms with van der Waals surface area (Å²) in [5.41, 5.74) is 4.09. The van der Waals surface area contributed by atoms with Gasteiger partial charge in [0.2, 0.25) is 0 Å². The highest BCUT2D eigenvalue weighted by Crippen LogP contribution is 2.37. The largest absolute Gasteiger partial charge is 0.498 e. The summed E-state index contributed by atoms with van der Waals surface area (Å²) in [6.45, 7) is 12.6. The van der Waals surface area contributed by atoms with Crippen LogP contribution >= 0.6 is 11.8 Å². The summed E-state index contributed by atoms with van der Waals surface area (Å²) in [4.78, 5) is 1.28. The van der Waals surface area contributed by atoms with Gasteiger partial charge in [0, 0.05) is 16.1 Å². The summed E-state index contributed by atoms with van der Waals surface area (Å²) < 4.78 is 18.0. The summed E-state index contributed by atoms with van der Waals surface area (Å²) in [6.07, 6.45) is 0. The molecule has 0 radical (unpaired) electrons. The van der Waals surface area contributed by atoms with E-state index in [1.54, 1.807) is 7.11 Å². The molecule has 0 amide bonds. The fraction of sp³-hybridized carbons (Fsp3) is 0.455. The van der Waals surface area contributed by atoms with Gasteiger partial charge >= 0.3 is 7.12 Å². The first-order chi connectivity index (χ1) is 12.6. The van der Waals surface area contributed by atoms with Crippen LogP contribution in [0.15, 0.2) is 41.3 Å². The number of ether oxygens (including phenoxy) is 1. The molecule has 1 aliphatic heterocycles. The third-order valence-corrected chi connectivity index (χ3v) is 6.75. The van der Waals surface area contributed by atoms with Gasteiger partial charge in [-0.05, 0) is 76.4 Å². The molecule has 1 saturated heterocycles. The van der Waals surface area contributed by atoms with Crippen LogP contribution in [0, 0.1) is 13.8 Å². The Hall–Kier alpha value is -1.43. The minimum Gasteiger partial charge on any atom is -0.497 e. The summed E-state index contributed by atoms with van der Waals surface area (Å²) in [5, 5.41) is 0. The van der Waals surface area contributed by atoms with Crippen molar-refractivity contribution in [3.63, 3.8) is 0 Å². The minimum absolute atomic E-state index is 0.368. The standard InChI is InChI=1S/C22H29BO3S/c1-15-8-10-18(12-16(15)2)27-14-17-9-11-20(24-7)19(13-17)23-25-21(3,4)22(5,6)26-23/h8-13H,14H2,1-7H3. The molecule has 3 nitrogen and oxygen atoms in total. The topological polar surface area (TPSA) is 27.7 Å². The van der Waals surface area contributed by atoms with Crippen LogP contribution in [-0.4, -0.2) is 25.4 Å². The summed E-state index contributed by atoms with van der Waals surface area (Å²) >= 11 is 1.84. The molecule has 1 fully saturated rings. The first-order valence-corrected chi connectivity index (χ1v) is 10.3. The highest BCUT2D eigenvalue weighted by Gasteiger charge is 2.52. The third-order valence-electron chi connectivity index (χ3n) is 5.69. The molecular formula is C22H29BO3S. The molecule has 0 spiro atoms. The third kappa shape index (κ3) is 4.20. The van der Waals surface area contributed by atoms with Crippen LogP contribution < -0.4 is 10.2 Å². The average Bonchev–Trinajstić information content (AvgIpc) is 2.83. The lowest BCUT2D eigenvalue weighted by Crippen LogP contribution is -2.41. The van der Waals surface area contributed by atoms with Gasteiger partial charge in [-0.15, -0.1) is 11.8 Å². The number of thioether (sulfide) groups is 1. The van der Waals surface area contributed by atoms with Crippen molar-refractivity contribution in [2.45, 2.75) is 63.4 Å². The zero-order chi connectivity index (χ0) is 19.8. The highest BCUT2D eigenvalue weighted by molar-refractivity contribution is 7.98. The Bertz CT molecular complexity index is 816. The first-order valence-electron chi connectivity index (χ1n) is 9.35. The Morgan fingerprint density at radius 3 is 2.19 bits per heavy atom. The molecule has 0 saturated carbocycles. The van der Waals surface area contributed by atoms with Gasteiger partial charge in [-0.1, -0.05) is 18.2 Å². The second kappa shape index (κ2) is 7.54. The van der Waals surface area contributed by atoms with E-state index in [9.17, 15) is 0 Å². The maximum atomic E-state index is 6.23. The molecule has 0 unspecified atom stereocenters. The number of benzene rings is 2. The van der Waals surface area contributed by atoms with Crippen molar-refractivity contribution >= 4 is 24.3 Å². The zero-order valence-electron chi connectivity index (χ0n) is 17.4. The van der Waals surface area contributed by atoms with Crippen molar-refractivity contribution in [1.29, 1.82) is 0 Å². The van der Waals surface area contributed by atoms with Crippen molar-refractivity contribution in [2.75, 3.05) is 7.11 Å². The number of hydrogen-bond donors (Lipinski definition) is 0. The Kier molecular flexibility index (Phi) is 5.67. The molecule has 0 atom stereocenters. The molecule has 0 N–H and O–H groups in total. The van der Waals surface area contributed by atoms with Crippen molar-refractivity contribution in [2.24, 2.45) is 0 Å². The van der Waals surface area contributed by atoms with Gasteiger partial charge in [0.1, 0.15) is 5.75 Å². The number of aryl methyl sites for hydroxylation is 2. The molecule has 27 heavy (non-hydrogen) atoms. The van der Waals surface area contributed by atoms with E-state index in [0.29, 0.717) is 0 Å². The molecule has 5 heteroatoms. The van der Waals surface area contributed by atoms with Crippen LogP contribution in [0.5, 0.6) is 5.75 Å². The fourth-order valence-corrected chi connectivity index (χ4v) is 3.94. The van der Waals surface area contributed by atoms with Crippen molar-refractivity contribution in [1.82, 2.24) is 0 Å². The maximum absolute atomic E-state index is 6.23. The SMILES string of the molecule is COc1ccc(CSc2ccc(C)c(C)c2)cc1B1OC(C)(C)C(C)(C)O1. The smallest absolute Gasteiger partial charge is 0.497 e. The molecule has 1 aliphatic rings. The number of methoxy groups -OCH3 is 1. The van der Waals surface area contributed by atoms with Crippen LogP contribution in [-0.2, 0) is 15.1 Å². The van der Waals surface area contributed by atoms with Crippen LogP contribution in [0.2, 0.25) is 0 Å². The van der Waals surface area contributed by atoms with E-state index in [0.717, 1.165) is 17.0 Å². The average molecular weight is 384 g/mol. The summed E-state index contributed by atoms with van der Waals surface area (Å²) in [5.74, 6) is 1.69.